The first kappa shape index (κ1) is 21.5. The van der Waals surface area contributed by atoms with Gasteiger partial charge >= 0.3 is 0 Å². The molecular weight excluding hydrogens is 421 g/mol. The first-order valence-corrected chi connectivity index (χ1v) is 11.8. The van der Waals surface area contributed by atoms with Crippen LogP contribution in [0.2, 0.25) is 0 Å². The van der Waals surface area contributed by atoms with Crippen molar-refractivity contribution in [3.63, 3.8) is 0 Å². The Morgan fingerprint density at radius 1 is 1.03 bits per heavy atom. The van der Waals surface area contributed by atoms with Crippen molar-refractivity contribution in [2.45, 2.75) is 36.6 Å². The van der Waals surface area contributed by atoms with Crippen LogP contribution >= 0.6 is 0 Å². The zero-order valence-corrected chi connectivity index (χ0v) is 17.8. The van der Waals surface area contributed by atoms with E-state index in [2.05, 4.69) is 5.32 Å². The molecule has 2 fully saturated rings. The lowest BCUT2D eigenvalue weighted by atomic mass is 10.2. The van der Waals surface area contributed by atoms with Crippen LogP contribution in [0.5, 0.6) is 0 Å². The third kappa shape index (κ3) is 4.62. The van der Waals surface area contributed by atoms with Crippen molar-refractivity contribution in [2.24, 2.45) is 0 Å². The predicted octanol–water partition coefficient (Wildman–Crippen LogP) is 2.54. The van der Waals surface area contributed by atoms with Crippen LogP contribution in [0, 0.1) is 5.82 Å². The maximum atomic E-state index is 13.5. The first-order chi connectivity index (χ1) is 14.8. The molecule has 0 unspecified atom stereocenters. The minimum atomic E-state index is -3.56. The van der Waals surface area contributed by atoms with E-state index in [0.29, 0.717) is 24.3 Å². The molecule has 2 aromatic carbocycles. The fraction of sp³-hybridized carbons (Fsp3) is 0.364. The molecule has 0 bridgehead atoms. The molecular formula is C22H24FN3O4S. The summed E-state index contributed by atoms with van der Waals surface area (Å²) in [4.78, 5) is 26.5. The van der Waals surface area contributed by atoms with E-state index in [4.69, 9.17) is 0 Å². The Balaban J connectivity index is 1.40. The fourth-order valence-corrected chi connectivity index (χ4v) is 5.52. The van der Waals surface area contributed by atoms with Gasteiger partial charge in [0.25, 0.3) is 5.91 Å². The molecule has 2 aliphatic rings. The lowest BCUT2D eigenvalue weighted by Crippen LogP contribution is -2.37. The van der Waals surface area contributed by atoms with E-state index in [1.807, 2.05) is 0 Å². The van der Waals surface area contributed by atoms with E-state index >= 15 is 0 Å². The number of carbonyl (C=O) groups is 2. The van der Waals surface area contributed by atoms with Crippen LogP contribution in [0.25, 0.3) is 0 Å². The summed E-state index contributed by atoms with van der Waals surface area (Å²) in [6.07, 6.45) is 2.86. The number of carbonyl (C=O) groups excluding carboxylic acids is 2. The number of benzene rings is 2. The minimum absolute atomic E-state index is 0.115. The molecule has 0 aromatic heterocycles. The summed E-state index contributed by atoms with van der Waals surface area (Å²) in [5, 5.41) is 2.81. The Kier molecular flexibility index (Phi) is 6.06. The average molecular weight is 446 g/mol. The van der Waals surface area contributed by atoms with Crippen LogP contribution in [0.15, 0.2) is 53.4 Å². The second-order valence-corrected chi connectivity index (χ2v) is 9.79. The molecule has 0 radical (unpaired) electrons. The lowest BCUT2D eigenvalue weighted by Gasteiger charge is -2.25. The molecule has 4 rings (SSSR count). The highest BCUT2D eigenvalue weighted by atomic mass is 32.2. The van der Waals surface area contributed by atoms with Crippen LogP contribution in [0.4, 0.5) is 10.1 Å². The number of hydrogen-bond donors (Lipinski definition) is 1. The van der Waals surface area contributed by atoms with Gasteiger partial charge in [-0.2, -0.15) is 4.31 Å². The van der Waals surface area contributed by atoms with Crippen molar-refractivity contribution < 1.29 is 22.4 Å². The number of sulfonamides is 1. The number of halogens is 1. The molecule has 0 aliphatic carbocycles. The van der Waals surface area contributed by atoms with Crippen molar-refractivity contribution in [1.82, 2.24) is 9.62 Å². The Hall–Kier alpha value is -2.78. The van der Waals surface area contributed by atoms with Gasteiger partial charge in [-0.05, 0) is 55.3 Å². The number of anilines is 1. The van der Waals surface area contributed by atoms with Gasteiger partial charge in [-0.25, -0.2) is 12.8 Å². The van der Waals surface area contributed by atoms with E-state index in [1.165, 1.54) is 51.7 Å². The van der Waals surface area contributed by atoms with Crippen molar-refractivity contribution in [3.05, 3.63) is 59.9 Å². The number of rotatable bonds is 5. The third-order valence-electron chi connectivity index (χ3n) is 5.65. The Labute approximate surface area is 180 Å². The SMILES string of the molecule is O=C(N[C@H]1CC(=O)N(c2cccc(F)c2)C1)c1ccc(S(=O)(=O)N2CCCCC2)cc1. The van der Waals surface area contributed by atoms with Gasteiger partial charge in [0, 0.05) is 37.3 Å². The van der Waals surface area contributed by atoms with E-state index in [9.17, 15) is 22.4 Å². The van der Waals surface area contributed by atoms with Gasteiger partial charge in [-0.15, -0.1) is 0 Å². The van der Waals surface area contributed by atoms with Crippen LogP contribution in [0.1, 0.15) is 36.0 Å². The number of hydrogen-bond acceptors (Lipinski definition) is 4. The average Bonchev–Trinajstić information content (AvgIpc) is 3.14. The highest BCUT2D eigenvalue weighted by molar-refractivity contribution is 7.89. The maximum Gasteiger partial charge on any atom is 0.251 e. The van der Waals surface area contributed by atoms with Crippen molar-refractivity contribution in [1.29, 1.82) is 0 Å². The molecule has 2 aliphatic heterocycles. The molecule has 2 saturated heterocycles. The molecule has 2 amide bonds. The number of nitrogens with one attached hydrogen (secondary N) is 1. The van der Waals surface area contributed by atoms with E-state index in [-0.39, 0.29) is 29.7 Å². The van der Waals surface area contributed by atoms with Crippen molar-refractivity contribution in [2.75, 3.05) is 24.5 Å². The summed E-state index contributed by atoms with van der Waals surface area (Å²) in [7, 11) is -3.56. The topological polar surface area (TPSA) is 86.8 Å². The first-order valence-electron chi connectivity index (χ1n) is 10.3. The zero-order chi connectivity index (χ0) is 22.0. The van der Waals surface area contributed by atoms with Gasteiger partial charge in [0.05, 0.1) is 10.9 Å². The molecule has 9 heteroatoms. The summed E-state index contributed by atoms with van der Waals surface area (Å²) in [6, 6.07) is 11.2. The molecule has 2 heterocycles. The largest absolute Gasteiger partial charge is 0.347 e. The molecule has 0 spiro atoms. The van der Waals surface area contributed by atoms with Gasteiger partial charge in [0.1, 0.15) is 5.82 Å². The summed E-state index contributed by atoms with van der Waals surface area (Å²) in [6.45, 7) is 1.28. The van der Waals surface area contributed by atoms with Crippen LogP contribution in [-0.2, 0) is 14.8 Å². The zero-order valence-electron chi connectivity index (χ0n) is 17.0. The standard InChI is InChI=1S/C22H24FN3O4S/c23-17-5-4-6-19(13-17)26-15-18(14-21(26)27)24-22(28)16-7-9-20(10-8-16)31(29,30)25-11-2-1-3-12-25/h4-10,13,18H,1-3,11-12,14-15H2,(H,24,28)/t18-/m0/s1. The quantitative estimate of drug-likeness (QED) is 0.766. The summed E-state index contributed by atoms with van der Waals surface area (Å²) in [5.41, 5.74) is 0.767. The van der Waals surface area contributed by atoms with E-state index in [1.54, 1.807) is 6.07 Å². The molecule has 31 heavy (non-hydrogen) atoms. The molecule has 1 atom stereocenters. The van der Waals surface area contributed by atoms with E-state index < -0.39 is 21.9 Å². The fourth-order valence-electron chi connectivity index (χ4n) is 4.00. The second-order valence-electron chi connectivity index (χ2n) is 7.85. The monoisotopic (exact) mass is 445 g/mol. The molecule has 7 nitrogen and oxygen atoms in total. The lowest BCUT2D eigenvalue weighted by molar-refractivity contribution is -0.117. The summed E-state index contributed by atoms with van der Waals surface area (Å²) >= 11 is 0. The maximum absolute atomic E-state index is 13.5. The highest BCUT2D eigenvalue weighted by Gasteiger charge is 2.32. The van der Waals surface area contributed by atoms with Gasteiger partial charge in [0.2, 0.25) is 15.9 Å². The molecule has 1 N–H and O–H groups in total. The Morgan fingerprint density at radius 3 is 2.42 bits per heavy atom. The number of amides is 2. The van der Waals surface area contributed by atoms with Crippen LogP contribution < -0.4 is 10.2 Å². The van der Waals surface area contributed by atoms with Crippen LogP contribution in [0.3, 0.4) is 0 Å². The van der Waals surface area contributed by atoms with Crippen molar-refractivity contribution >= 4 is 27.5 Å². The summed E-state index contributed by atoms with van der Waals surface area (Å²) < 4.78 is 40.4. The van der Waals surface area contributed by atoms with Gasteiger partial charge in [0.15, 0.2) is 0 Å². The Morgan fingerprint density at radius 2 is 1.74 bits per heavy atom. The van der Waals surface area contributed by atoms with Crippen molar-refractivity contribution in [3.8, 4) is 0 Å². The van der Waals surface area contributed by atoms with Gasteiger partial charge in [-0.3, -0.25) is 9.59 Å². The second kappa shape index (κ2) is 8.76. The Bertz CT molecular complexity index is 1080. The molecule has 164 valence electrons. The summed E-state index contributed by atoms with van der Waals surface area (Å²) in [5.74, 6) is -1.02. The molecule has 2 aromatic rings. The minimum Gasteiger partial charge on any atom is -0.347 e. The third-order valence-corrected chi connectivity index (χ3v) is 7.56. The van der Waals surface area contributed by atoms with Gasteiger partial charge in [-0.1, -0.05) is 12.5 Å². The number of piperidine rings is 1. The number of nitrogens with zero attached hydrogens (tertiary/aromatic N) is 2. The normalized spacial score (nSPS) is 20.1. The van der Waals surface area contributed by atoms with Gasteiger partial charge < -0.3 is 10.2 Å². The van der Waals surface area contributed by atoms with E-state index in [0.717, 1.165) is 19.3 Å². The van der Waals surface area contributed by atoms with Crippen LogP contribution in [-0.4, -0.2) is 50.2 Å². The smallest absolute Gasteiger partial charge is 0.251 e. The highest BCUT2D eigenvalue weighted by Crippen LogP contribution is 2.23. The molecule has 0 saturated carbocycles. The predicted molar refractivity (Wildman–Crippen MR) is 114 cm³/mol.